The summed E-state index contributed by atoms with van der Waals surface area (Å²) >= 11 is 0. The van der Waals surface area contributed by atoms with Gasteiger partial charge in [0.15, 0.2) is 17.5 Å². The molecule has 0 aromatic heterocycles. The molecule has 1 unspecified atom stereocenters. The fourth-order valence-electron chi connectivity index (χ4n) is 4.73. The number of imide groups is 1. The zero-order valence-corrected chi connectivity index (χ0v) is 23.8. The fraction of sp³-hybridized carbons (Fsp3) is 0.176. The van der Waals surface area contributed by atoms with E-state index in [9.17, 15) is 24.3 Å². The minimum absolute atomic E-state index is 0.0769. The number of carbonyl (C=O) groups is 4. The van der Waals surface area contributed by atoms with Crippen LogP contribution in [-0.2, 0) is 34.1 Å². The van der Waals surface area contributed by atoms with Crippen molar-refractivity contribution in [3.63, 3.8) is 0 Å². The van der Waals surface area contributed by atoms with Gasteiger partial charge in [-0.2, -0.15) is 0 Å². The smallest absolute Gasteiger partial charge is 0.330 e. The number of nitrogens with zero attached hydrogens (tertiary/aromatic N) is 2. The average Bonchev–Trinajstić information content (AvgIpc) is 3.05. The number of carboxylic acid groups (broad SMARTS) is 1. The molecular weight excluding hydrogens is 562 g/mol. The molecule has 0 spiro atoms. The van der Waals surface area contributed by atoms with Crippen molar-refractivity contribution in [2.24, 2.45) is 0 Å². The van der Waals surface area contributed by atoms with Gasteiger partial charge in [0.05, 0.1) is 0 Å². The van der Waals surface area contributed by atoms with Crippen molar-refractivity contribution in [2.45, 2.75) is 25.8 Å². The fourth-order valence-corrected chi connectivity index (χ4v) is 4.73. The molecule has 0 radical (unpaired) electrons. The molecule has 224 valence electrons. The molecule has 1 aliphatic heterocycles. The second-order valence-corrected chi connectivity index (χ2v) is 10.1. The van der Waals surface area contributed by atoms with Crippen LogP contribution in [0.15, 0.2) is 109 Å². The Hall–Kier alpha value is -5.64. The predicted molar refractivity (Wildman–Crippen MR) is 160 cm³/mol. The summed E-state index contributed by atoms with van der Waals surface area (Å²) in [4.78, 5) is 52.7. The molecule has 10 nitrogen and oxygen atoms in total. The van der Waals surface area contributed by atoms with E-state index in [1.807, 2.05) is 60.7 Å². The number of hydrogen-bond acceptors (Lipinski definition) is 6. The highest BCUT2D eigenvalue weighted by molar-refractivity contribution is 6.38. The van der Waals surface area contributed by atoms with Crippen LogP contribution in [0.5, 0.6) is 11.5 Å². The van der Waals surface area contributed by atoms with E-state index in [0.29, 0.717) is 35.8 Å². The van der Waals surface area contributed by atoms with Gasteiger partial charge in [0.25, 0.3) is 0 Å². The Kier molecular flexibility index (Phi) is 9.51. The van der Waals surface area contributed by atoms with Crippen molar-refractivity contribution < 1.29 is 33.8 Å². The number of hydrogen-bond donors (Lipinski definition) is 2. The lowest BCUT2D eigenvalue weighted by Gasteiger charge is -2.33. The molecule has 1 fully saturated rings. The van der Waals surface area contributed by atoms with Crippen LogP contribution in [-0.4, -0.2) is 51.8 Å². The highest BCUT2D eigenvalue weighted by Gasteiger charge is 2.37. The Bertz CT molecular complexity index is 1610. The van der Waals surface area contributed by atoms with Crippen molar-refractivity contribution in [2.75, 3.05) is 13.1 Å². The molecule has 1 saturated heterocycles. The van der Waals surface area contributed by atoms with Crippen LogP contribution in [0.1, 0.15) is 28.3 Å². The van der Waals surface area contributed by atoms with Gasteiger partial charge < -0.3 is 24.8 Å². The number of carboxylic acids is 1. The topological polar surface area (TPSA) is 125 Å². The number of nitrogens with one attached hydrogen (secondary N) is 1. The van der Waals surface area contributed by atoms with Crippen LogP contribution in [0.25, 0.3) is 0 Å². The van der Waals surface area contributed by atoms with Crippen molar-refractivity contribution >= 4 is 23.8 Å². The number of urea groups is 1. The molecule has 0 bridgehead atoms. The Morgan fingerprint density at radius 3 is 1.86 bits per heavy atom. The Morgan fingerprint density at radius 2 is 1.27 bits per heavy atom. The third kappa shape index (κ3) is 7.40. The van der Waals surface area contributed by atoms with Crippen LogP contribution < -0.4 is 14.8 Å². The van der Waals surface area contributed by atoms with Crippen molar-refractivity contribution in [1.82, 2.24) is 15.1 Å². The lowest BCUT2D eigenvalue weighted by atomic mass is 10.1. The highest BCUT2D eigenvalue weighted by Crippen LogP contribution is 2.31. The number of benzene rings is 4. The van der Waals surface area contributed by atoms with Gasteiger partial charge in [-0.15, -0.1) is 0 Å². The lowest BCUT2D eigenvalue weighted by Crippen LogP contribution is -2.58. The van der Waals surface area contributed by atoms with Crippen LogP contribution in [0.3, 0.4) is 0 Å². The van der Waals surface area contributed by atoms with E-state index in [1.165, 1.54) is 4.90 Å². The molecule has 10 heteroatoms. The third-order valence-electron chi connectivity index (χ3n) is 7.06. The first-order chi connectivity index (χ1) is 21.4. The predicted octanol–water partition coefficient (Wildman–Crippen LogP) is 4.55. The van der Waals surface area contributed by atoms with E-state index < -0.39 is 29.9 Å². The number of piperazine rings is 1. The summed E-state index contributed by atoms with van der Waals surface area (Å²) in [5, 5.41) is 12.0. The summed E-state index contributed by atoms with van der Waals surface area (Å²) in [5.74, 6) is -2.17. The molecule has 0 aliphatic carbocycles. The summed E-state index contributed by atoms with van der Waals surface area (Å²) in [6.45, 7) is 0.729. The summed E-state index contributed by atoms with van der Waals surface area (Å²) in [7, 11) is 0. The SMILES string of the molecule is O=C(O)C(NC(=O)N1CCN(Cc2ccc(OCc3ccccc3)c(OCc3ccccc3)c2)C(=O)C1=O)c1ccccc1. The van der Waals surface area contributed by atoms with Gasteiger partial charge in [-0.3, -0.25) is 14.5 Å². The minimum Gasteiger partial charge on any atom is -0.485 e. The minimum atomic E-state index is -1.37. The summed E-state index contributed by atoms with van der Waals surface area (Å²) < 4.78 is 12.2. The molecule has 1 atom stereocenters. The normalized spacial score (nSPS) is 13.7. The second kappa shape index (κ2) is 14.0. The zero-order chi connectivity index (χ0) is 30.9. The molecule has 44 heavy (non-hydrogen) atoms. The molecule has 1 heterocycles. The maximum absolute atomic E-state index is 13.0. The van der Waals surface area contributed by atoms with Gasteiger partial charge in [0, 0.05) is 19.6 Å². The van der Waals surface area contributed by atoms with E-state index in [-0.39, 0.29) is 19.6 Å². The lowest BCUT2D eigenvalue weighted by molar-refractivity contribution is -0.154. The van der Waals surface area contributed by atoms with E-state index in [0.717, 1.165) is 16.0 Å². The number of amides is 4. The zero-order valence-electron chi connectivity index (χ0n) is 23.8. The number of ether oxygens (including phenoxy) is 2. The Morgan fingerprint density at radius 1 is 0.705 bits per heavy atom. The van der Waals surface area contributed by atoms with Crippen molar-refractivity contribution in [1.29, 1.82) is 0 Å². The molecule has 2 N–H and O–H groups in total. The Balaban J connectivity index is 1.26. The number of aliphatic carboxylic acids is 1. The maximum atomic E-state index is 13.0. The van der Waals surface area contributed by atoms with Gasteiger partial charge in [-0.05, 0) is 34.4 Å². The van der Waals surface area contributed by atoms with E-state index in [2.05, 4.69) is 5.32 Å². The molecule has 1 aliphatic rings. The summed E-state index contributed by atoms with van der Waals surface area (Å²) in [5.41, 5.74) is 3.01. The first kappa shape index (κ1) is 29.8. The van der Waals surface area contributed by atoms with Crippen LogP contribution in [0.4, 0.5) is 4.79 Å². The summed E-state index contributed by atoms with van der Waals surface area (Å²) in [6.07, 6.45) is 0. The monoisotopic (exact) mass is 593 g/mol. The van der Waals surface area contributed by atoms with E-state index in [4.69, 9.17) is 9.47 Å². The quantitative estimate of drug-likeness (QED) is 0.245. The van der Waals surface area contributed by atoms with Crippen LogP contribution in [0, 0.1) is 0 Å². The van der Waals surface area contributed by atoms with Crippen molar-refractivity contribution in [3.8, 4) is 11.5 Å². The molecule has 5 rings (SSSR count). The van der Waals surface area contributed by atoms with E-state index in [1.54, 1.807) is 48.5 Å². The molecule has 4 amide bonds. The van der Waals surface area contributed by atoms with Crippen LogP contribution >= 0.6 is 0 Å². The Labute approximate surface area is 254 Å². The average molecular weight is 594 g/mol. The van der Waals surface area contributed by atoms with Gasteiger partial charge in [0.2, 0.25) is 0 Å². The highest BCUT2D eigenvalue weighted by atomic mass is 16.5. The first-order valence-electron chi connectivity index (χ1n) is 14.0. The van der Waals surface area contributed by atoms with Crippen LogP contribution in [0.2, 0.25) is 0 Å². The molecule has 0 saturated carbocycles. The molecular formula is C34H31N3O7. The van der Waals surface area contributed by atoms with Crippen molar-refractivity contribution in [3.05, 3.63) is 131 Å². The standard InChI is InChI=1S/C34H31N3O7/c38-31-32(39)37(34(42)35-30(33(40)41)27-14-8-3-9-15-27)19-18-36(31)21-26-16-17-28(43-22-24-10-4-1-5-11-24)29(20-26)44-23-25-12-6-2-7-13-25/h1-17,20,30H,18-19,21-23H2,(H,35,42)(H,40,41). The maximum Gasteiger partial charge on any atom is 0.330 e. The first-order valence-corrected chi connectivity index (χ1v) is 14.0. The van der Waals surface area contributed by atoms with Gasteiger partial charge in [-0.1, -0.05) is 97.1 Å². The van der Waals surface area contributed by atoms with E-state index >= 15 is 0 Å². The van der Waals surface area contributed by atoms with Gasteiger partial charge in [-0.25, -0.2) is 9.59 Å². The third-order valence-corrected chi connectivity index (χ3v) is 7.06. The second-order valence-electron chi connectivity index (χ2n) is 10.1. The number of rotatable bonds is 11. The number of carbonyl (C=O) groups excluding carboxylic acids is 3. The van der Waals surface area contributed by atoms with Gasteiger partial charge >= 0.3 is 23.8 Å². The largest absolute Gasteiger partial charge is 0.485 e. The van der Waals surface area contributed by atoms with Gasteiger partial charge in [0.1, 0.15) is 13.2 Å². The summed E-state index contributed by atoms with van der Waals surface area (Å²) in [6, 6.07) is 30.5. The molecule has 4 aromatic rings. The molecule has 4 aromatic carbocycles.